The standard InChI is InChI=1S/C18H25FN2O3/c1-20(12-15-4-6-16(19)7-5-15)17(22)13-21-9-2-3-14(8-10-21)11-18(23)24/h4-7,14H,2-3,8-13H2,1H3,(H,23,24). The monoisotopic (exact) mass is 336 g/mol. The second kappa shape index (κ2) is 8.78. The molecule has 1 aliphatic heterocycles. The summed E-state index contributed by atoms with van der Waals surface area (Å²) in [7, 11) is 1.75. The first-order valence-corrected chi connectivity index (χ1v) is 8.36. The van der Waals surface area contributed by atoms with E-state index < -0.39 is 5.97 Å². The average Bonchev–Trinajstić information content (AvgIpc) is 2.74. The molecule has 0 aromatic heterocycles. The van der Waals surface area contributed by atoms with E-state index in [-0.39, 0.29) is 24.1 Å². The van der Waals surface area contributed by atoms with E-state index in [1.165, 1.54) is 12.1 Å². The SMILES string of the molecule is CN(Cc1ccc(F)cc1)C(=O)CN1CCCC(CC(=O)O)CC1. The number of likely N-dealkylation sites (tertiary alicyclic amines) is 1. The number of likely N-dealkylation sites (N-methyl/N-ethyl adjacent to an activating group) is 1. The lowest BCUT2D eigenvalue weighted by atomic mass is 9.97. The smallest absolute Gasteiger partial charge is 0.303 e. The number of carbonyl (C=O) groups excluding carboxylic acids is 1. The molecule has 24 heavy (non-hydrogen) atoms. The Bertz CT molecular complexity index is 562. The van der Waals surface area contributed by atoms with E-state index in [4.69, 9.17) is 5.11 Å². The summed E-state index contributed by atoms with van der Waals surface area (Å²) in [5.74, 6) is -0.799. The Kier molecular flexibility index (Phi) is 6.73. The average molecular weight is 336 g/mol. The highest BCUT2D eigenvalue weighted by molar-refractivity contribution is 5.78. The van der Waals surface area contributed by atoms with Gasteiger partial charge in [-0.3, -0.25) is 14.5 Å². The maximum absolute atomic E-state index is 12.9. The zero-order valence-corrected chi connectivity index (χ0v) is 14.1. The molecular weight excluding hydrogens is 311 g/mol. The van der Waals surface area contributed by atoms with Gasteiger partial charge in [-0.05, 0) is 56.0 Å². The molecular formula is C18H25FN2O3. The summed E-state index contributed by atoms with van der Waals surface area (Å²) in [4.78, 5) is 26.9. The minimum Gasteiger partial charge on any atom is -0.481 e. The van der Waals surface area contributed by atoms with Gasteiger partial charge in [-0.25, -0.2) is 4.39 Å². The summed E-state index contributed by atoms with van der Waals surface area (Å²) in [6.45, 7) is 2.38. The molecule has 1 fully saturated rings. The highest BCUT2D eigenvalue weighted by atomic mass is 19.1. The molecule has 1 aromatic carbocycles. The van der Waals surface area contributed by atoms with E-state index in [0.29, 0.717) is 13.1 Å². The Morgan fingerprint density at radius 2 is 1.96 bits per heavy atom. The quantitative estimate of drug-likeness (QED) is 0.866. The van der Waals surface area contributed by atoms with Gasteiger partial charge in [-0.1, -0.05) is 12.1 Å². The van der Waals surface area contributed by atoms with Crippen LogP contribution in [0.1, 0.15) is 31.2 Å². The molecule has 6 heteroatoms. The Morgan fingerprint density at radius 1 is 1.25 bits per heavy atom. The van der Waals surface area contributed by atoms with Gasteiger partial charge in [0.2, 0.25) is 5.91 Å². The summed E-state index contributed by atoms with van der Waals surface area (Å²) in [6.07, 6.45) is 2.86. The van der Waals surface area contributed by atoms with Crippen molar-refractivity contribution in [1.82, 2.24) is 9.80 Å². The lowest BCUT2D eigenvalue weighted by molar-refractivity contribution is -0.138. The number of nitrogens with zero attached hydrogens (tertiary/aromatic N) is 2. The predicted octanol–water partition coefficient (Wildman–Crippen LogP) is 2.36. The van der Waals surface area contributed by atoms with Gasteiger partial charge in [0.1, 0.15) is 5.82 Å². The molecule has 0 radical (unpaired) electrons. The van der Waals surface area contributed by atoms with Crippen LogP contribution in [0.4, 0.5) is 4.39 Å². The number of rotatable bonds is 6. The van der Waals surface area contributed by atoms with Crippen LogP contribution in [-0.4, -0.2) is 53.5 Å². The number of carboxylic acid groups (broad SMARTS) is 1. The van der Waals surface area contributed by atoms with Gasteiger partial charge in [0.25, 0.3) is 0 Å². The minimum absolute atomic E-state index is 0.0241. The lowest BCUT2D eigenvalue weighted by Gasteiger charge is -2.24. The fraction of sp³-hybridized carbons (Fsp3) is 0.556. The Morgan fingerprint density at radius 3 is 2.62 bits per heavy atom. The van der Waals surface area contributed by atoms with Gasteiger partial charge >= 0.3 is 5.97 Å². The zero-order chi connectivity index (χ0) is 17.5. The topological polar surface area (TPSA) is 60.9 Å². The summed E-state index contributed by atoms with van der Waals surface area (Å²) in [5, 5.41) is 8.90. The minimum atomic E-state index is -0.747. The molecule has 1 unspecified atom stereocenters. The first-order valence-electron chi connectivity index (χ1n) is 8.36. The van der Waals surface area contributed by atoms with Crippen molar-refractivity contribution in [3.05, 3.63) is 35.6 Å². The van der Waals surface area contributed by atoms with Gasteiger partial charge in [0.05, 0.1) is 6.54 Å². The van der Waals surface area contributed by atoms with Crippen molar-refractivity contribution in [3.63, 3.8) is 0 Å². The van der Waals surface area contributed by atoms with Gasteiger partial charge < -0.3 is 10.0 Å². The summed E-state index contributed by atoms with van der Waals surface area (Å²) >= 11 is 0. The Balaban J connectivity index is 1.80. The van der Waals surface area contributed by atoms with Gasteiger partial charge in [-0.15, -0.1) is 0 Å². The number of hydrogen-bond acceptors (Lipinski definition) is 3. The lowest BCUT2D eigenvalue weighted by Crippen LogP contribution is -2.38. The van der Waals surface area contributed by atoms with Crippen LogP contribution in [0.15, 0.2) is 24.3 Å². The van der Waals surface area contributed by atoms with Crippen molar-refractivity contribution in [2.45, 2.75) is 32.2 Å². The molecule has 1 heterocycles. The molecule has 1 aliphatic rings. The van der Waals surface area contributed by atoms with Crippen LogP contribution >= 0.6 is 0 Å². The van der Waals surface area contributed by atoms with Crippen molar-refractivity contribution in [1.29, 1.82) is 0 Å². The molecule has 5 nitrogen and oxygen atoms in total. The zero-order valence-electron chi connectivity index (χ0n) is 14.1. The number of aliphatic carboxylic acids is 1. The Labute approximate surface area is 142 Å². The highest BCUT2D eigenvalue weighted by Crippen LogP contribution is 2.20. The first-order chi connectivity index (χ1) is 11.4. The summed E-state index contributed by atoms with van der Waals surface area (Å²) < 4.78 is 12.9. The van der Waals surface area contributed by atoms with E-state index in [1.54, 1.807) is 24.1 Å². The first kappa shape index (κ1) is 18.4. The second-order valence-electron chi connectivity index (χ2n) is 6.55. The van der Waals surface area contributed by atoms with Gasteiger partial charge in [-0.2, -0.15) is 0 Å². The molecule has 132 valence electrons. The third kappa shape index (κ3) is 5.92. The van der Waals surface area contributed by atoms with Crippen molar-refractivity contribution in [2.75, 3.05) is 26.7 Å². The van der Waals surface area contributed by atoms with Crippen LogP contribution in [-0.2, 0) is 16.1 Å². The largest absolute Gasteiger partial charge is 0.481 e. The Hall–Kier alpha value is -1.95. The molecule has 0 bridgehead atoms. The molecule has 1 amide bonds. The molecule has 1 saturated heterocycles. The molecule has 2 rings (SSSR count). The van der Waals surface area contributed by atoms with Gasteiger partial charge in [0, 0.05) is 20.0 Å². The number of halogens is 1. The molecule has 1 N–H and O–H groups in total. The molecule has 0 saturated carbocycles. The third-order valence-electron chi connectivity index (χ3n) is 4.52. The van der Waals surface area contributed by atoms with E-state index in [1.807, 2.05) is 0 Å². The molecule has 1 atom stereocenters. The van der Waals surface area contributed by atoms with E-state index in [2.05, 4.69) is 4.90 Å². The van der Waals surface area contributed by atoms with Crippen molar-refractivity contribution < 1.29 is 19.1 Å². The second-order valence-corrected chi connectivity index (χ2v) is 6.55. The fourth-order valence-electron chi connectivity index (χ4n) is 3.10. The molecule has 1 aromatic rings. The number of carbonyl (C=O) groups is 2. The van der Waals surface area contributed by atoms with Crippen LogP contribution in [0.3, 0.4) is 0 Å². The number of benzene rings is 1. The molecule has 0 spiro atoms. The maximum atomic E-state index is 12.9. The van der Waals surface area contributed by atoms with E-state index in [0.717, 1.165) is 37.9 Å². The summed E-state index contributed by atoms with van der Waals surface area (Å²) in [6, 6.07) is 6.15. The normalized spacial score (nSPS) is 18.8. The maximum Gasteiger partial charge on any atom is 0.303 e. The van der Waals surface area contributed by atoms with Crippen molar-refractivity contribution in [2.24, 2.45) is 5.92 Å². The predicted molar refractivity (Wildman–Crippen MR) is 88.9 cm³/mol. The van der Waals surface area contributed by atoms with Gasteiger partial charge in [0.15, 0.2) is 0 Å². The third-order valence-corrected chi connectivity index (χ3v) is 4.52. The highest BCUT2D eigenvalue weighted by Gasteiger charge is 2.21. The number of hydrogen-bond donors (Lipinski definition) is 1. The molecule has 0 aliphatic carbocycles. The summed E-state index contributed by atoms with van der Waals surface area (Å²) in [5.41, 5.74) is 0.893. The van der Waals surface area contributed by atoms with Crippen LogP contribution in [0, 0.1) is 11.7 Å². The van der Waals surface area contributed by atoms with Crippen LogP contribution < -0.4 is 0 Å². The van der Waals surface area contributed by atoms with E-state index in [9.17, 15) is 14.0 Å². The van der Waals surface area contributed by atoms with Crippen LogP contribution in [0.2, 0.25) is 0 Å². The van der Waals surface area contributed by atoms with Crippen molar-refractivity contribution in [3.8, 4) is 0 Å². The van der Waals surface area contributed by atoms with E-state index >= 15 is 0 Å². The van der Waals surface area contributed by atoms with Crippen molar-refractivity contribution >= 4 is 11.9 Å². The number of carboxylic acids is 1. The van der Waals surface area contributed by atoms with Crippen LogP contribution in [0.5, 0.6) is 0 Å². The number of amides is 1. The fourth-order valence-corrected chi connectivity index (χ4v) is 3.10. The van der Waals surface area contributed by atoms with Crippen LogP contribution in [0.25, 0.3) is 0 Å².